The van der Waals surface area contributed by atoms with Crippen molar-refractivity contribution in [1.82, 2.24) is 9.99 Å². The fraction of sp³-hybridized carbons (Fsp3) is 0.200. The number of hydrogen-bond acceptors (Lipinski definition) is 3. The summed E-state index contributed by atoms with van der Waals surface area (Å²) in [5.41, 5.74) is 7.30. The molecule has 5 heteroatoms. The minimum absolute atomic E-state index is 0.275. The van der Waals surface area contributed by atoms with Crippen LogP contribution in [0.3, 0.4) is 0 Å². The molecule has 0 bridgehead atoms. The van der Waals surface area contributed by atoms with Gasteiger partial charge in [-0.25, -0.2) is 5.43 Å². The van der Waals surface area contributed by atoms with Crippen LogP contribution in [0.1, 0.15) is 38.8 Å². The summed E-state index contributed by atoms with van der Waals surface area (Å²) in [5.74, 6) is 1.02. The number of nitrogens with one attached hydrogen (secondary N) is 1. The maximum absolute atomic E-state index is 12.2. The van der Waals surface area contributed by atoms with Gasteiger partial charge in [0.05, 0.1) is 11.8 Å². The van der Waals surface area contributed by atoms with Crippen molar-refractivity contribution < 1.29 is 9.21 Å². The number of carbonyl (C=O) groups is 1. The molecular weight excluding hydrogens is 314 g/mol. The highest BCUT2D eigenvalue weighted by Crippen LogP contribution is 2.19. The third-order valence-electron chi connectivity index (χ3n) is 4.14. The molecule has 128 valence electrons. The van der Waals surface area contributed by atoms with Gasteiger partial charge in [0.2, 0.25) is 0 Å². The van der Waals surface area contributed by atoms with Gasteiger partial charge in [-0.3, -0.25) is 4.79 Å². The molecule has 0 aliphatic rings. The van der Waals surface area contributed by atoms with Gasteiger partial charge in [-0.05, 0) is 52.0 Å². The molecule has 0 saturated heterocycles. The fourth-order valence-electron chi connectivity index (χ4n) is 2.97. The Kier molecular flexibility index (Phi) is 4.57. The zero-order valence-electron chi connectivity index (χ0n) is 14.8. The monoisotopic (exact) mass is 335 g/mol. The molecule has 0 fully saturated rings. The van der Waals surface area contributed by atoms with Gasteiger partial charge in [-0.1, -0.05) is 18.2 Å². The van der Waals surface area contributed by atoms with E-state index in [4.69, 9.17) is 4.42 Å². The molecule has 25 heavy (non-hydrogen) atoms. The summed E-state index contributed by atoms with van der Waals surface area (Å²) in [6, 6.07) is 13.9. The normalized spacial score (nSPS) is 11.2. The molecule has 0 aliphatic carbocycles. The number of furan rings is 1. The van der Waals surface area contributed by atoms with E-state index in [2.05, 4.69) is 27.2 Å². The summed E-state index contributed by atoms with van der Waals surface area (Å²) < 4.78 is 7.53. The van der Waals surface area contributed by atoms with E-state index in [0.717, 1.165) is 22.6 Å². The van der Waals surface area contributed by atoms with Crippen molar-refractivity contribution in [2.75, 3.05) is 0 Å². The summed E-state index contributed by atoms with van der Waals surface area (Å²) >= 11 is 0. The van der Waals surface area contributed by atoms with Gasteiger partial charge in [0, 0.05) is 22.6 Å². The van der Waals surface area contributed by atoms with Crippen molar-refractivity contribution in [3.05, 3.63) is 76.5 Å². The number of aryl methyl sites for hydroxylation is 3. The van der Waals surface area contributed by atoms with Crippen LogP contribution in [0.15, 0.2) is 52.0 Å². The topological polar surface area (TPSA) is 59.5 Å². The number of nitrogens with zero attached hydrogens (tertiary/aromatic N) is 2. The molecule has 1 N–H and O–H groups in total. The highest BCUT2D eigenvalue weighted by molar-refractivity contribution is 5.96. The molecule has 0 unspecified atom stereocenters. The molecule has 0 atom stereocenters. The average Bonchev–Trinajstić information content (AvgIpc) is 3.06. The van der Waals surface area contributed by atoms with Gasteiger partial charge in [0.15, 0.2) is 0 Å². The Morgan fingerprint density at radius 2 is 1.84 bits per heavy atom. The number of rotatable bonds is 4. The van der Waals surface area contributed by atoms with Gasteiger partial charge in [0.25, 0.3) is 5.91 Å². The molecule has 3 aromatic rings. The first kappa shape index (κ1) is 16.8. The number of aromatic nitrogens is 1. The number of benzene rings is 1. The summed E-state index contributed by atoms with van der Waals surface area (Å²) in [7, 11) is 0. The second-order valence-corrected chi connectivity index (χ2v) is 6.02. The predicted molar refractivity (Wildman–Crippen MR) is 98.5 cm³/mol. The quantitative estimate of drug-likeness (QED) is 0.577. The first-order valence-corrected chi connectivity index (χ1v) is 8.12. The van der Waals surface area contributed by atoms with E-state index < -0.39 is 0 Å². The molecule has 0 saturated carbocycles. The maximum Gasteiger partial charge on any atom is 0.274 e. The second-order valence-electron chi connectivity index (χ2n) is 6.02. The van der Waals surface area contributed by atoms with Gasteiger partial charge in [-0.15, -0.1) is 0 Å². The van der Waals surface area contributed by atoms with Crippen LogP contribution in [0.2, 0.25) is 0 Å². The third-order valence-corrected chi connectivity index (χ3v) is 4.14. The van der Waals surface area contributed by atoms with Crippen molar-refractivity contribution in [2.24, 2.45) is 5.10 Å². The van der Waals surface area contributed by atoms with Crippen LogP contribution < -0.4 is 5.43 Å². The molecule has 3 rings (SSSR count). The van der Waals surface area contributed by atoms with E-state index in [-0.39, 0.29) is 5.91 Å². The van der Waals surface area contributed by atoms with E-state index in [1.807, 2.05) is 45.0 Å². The van der Waals surface area contributed by atoms with Crippen LogP contribution in [0.4, 0.5) is 0 Å². The molecule has 0 aliphatic heterocycles. The Bertz CT molecular complexity index is 934. The second kappa shape index (κ2) is 6.81. The van der Waals surface area contributed by atoms with Gasteiger partial charge in [0.1, 0.15) is 11.5 Å². The lowest BCUT2D eigenvalue weighted by molar-refractivity contribution is 0.0953. The van der Waals surface area contributed by atoms with E-state index in [1.54, 1.807) is 19.2 Å². The first-order chi connectivity index (χ1) is 12.0. The summed E-state index contributed by atoms with van der Waals surface area (Å²) in [6.45, 7) is 7.66. The van der Waals surface area contributed by atoms with Crippen LogP contribution in [0.5, 0.6) is 0 Å². The molecule has 2 aromatic heterocycles. The van der Waals surface area contributed by atoms with Crippen molar-refractivity contribution in [3.63, 3.8) is 0 Å². The van der Waals surface area contributed by atoms with Crippen molar-refractivity contribution in [1.29, 1.82) is 0 Å². The molecule has 0 radical (unpaired) electrons. The molecular formula is C20H21N3O2. The van der Waals surface area contributed by atoms with Gasteiger partial charge < -0.3 is 8.98 Å². The highest BCUT2D eigenvalue weighted by atomic mass is 16.3. The number of para-hydroxylation sites is 1. The van der Waals surface area contributed by atoms with Crippen LogP contribution in [0, 0.1) is 27.7 Å². The molecule has 0 spiro atoms. The Morgan fingerprint density at radius 3 is 2.48 bits per heavy atom. The summed E-state index contributed by atoms with van der Waals surface area (Å²) in [6.07, 6.45) is 1.67. The predicted octanol–water partition coefficient (Wildman–Crippen LogP) is 4.07. The van der Waals surface area contributed by atoms with Crippen LogP contribution in [-0.4, -0.2) is 16.7 Å². The van der Waals surface area contributed by atoms with E-state index in [9.17, 15) is 4.79 Å². The average molecular weight is 335 g/mol. The van der Waals surface area contributed by atoms with E-state index >= 15 is 0 Å². The Labute approximate surface area is 147 Å². The first-order valence-electron chi connectivity index (χ1n) is 8.12. The van der Waals surface area contributed by atoms with Crippen molar-refractivity contribution in [2.45, 2.75) is 27.7 Å². The maximum atomic E-state index is 12.2. The Hall–Kier alpha value is -3.08. The highest BCUT2D eigenvalue weighted by Gasteiger charge is 2.13. The lowest BCUT2D eigenvalue weighted by Gasteiger charge is -2.08. The standard InChI is InChI=1S/C20H21N3O2/c1-13-10-17(15(3)23(13)18-8-6-5-7-9-18)12-21-22-20(24)19-11-14(2)25-16(19)4/h5-12H,1-4H3,(H,22,24)/b21-12-. The SMILES string of the molecule is Cc1cc(C(=O)N/N=C\c2cc(C)n(-c3ccccc3)c2C)c(C)o1. The Morgan fingerprint density at radius 1 is 1.12 bits per heavy atom. The lowest BCUT2D eigenvalue weighted by atomic mass is 10.2. The summed E-state index contributed by atoms with van der Waals surface area (Å²) in [5, 5.41) is 4.10. The molecule has 2 heterocycles. The molecule has 1 amide bonds. The van der Waals surface area contributed by atoms with E-state index in [0.29, 0.717) is 17.1 Å². The van der Waals surface area contributed by atoms with Gasteiger partial charge >= 0.3 is 0 Å². The largest absolute Gasteiger partial charge is 0.466 e. The lowest BCUT2D eigenvalue weighted by Crippen LogP contribution is -2.17. The number of amides is 1. The minimum atomic E-state index is -0.275. The summed E-state index contributed by atoms with van der Waals surface area (Å²) in [4.78, 5) is 12.2. The van der Waals surface area contributed by atoms with Crippen molar-refractivity contribution in [3.8, 4) is 5.69 Å². The molecule has 5 nitrogen and oxygen atoms in total. The number of hydrazone groups is 1. The zero-order chi connectivity index (χ0) is 18.0. The molecule has 1 aromatic carbocycles. The third kappa shape index (κ3) is 3.40. The van der Waals surface area contributed by atoms with Gasteiger partial charge in [-0.2, -0.15) is 5.10 Å². The van der Waals surface area contributed by atoms with Crippen LogP contribution in [0.25, 0.3) is 5.69 Å². The fourth-order valence-corrected chi connectivity index (χ4v) is 2.97. The van der Waals surface area contributed by atoms with E-state index in [1.165, 1.54) is 0 Å². The van der Waals surface area contributed by atoms with Crippen molar-refractivity contribution >= 4 is 12.1 Å². The number of hydrogen-bond donors (Lipinski definition) is 1. The number of carbonyl (C=O) groups excluding carboxylic acids is 1. The smallest absolute Gasteiger partial charge is 0.274 e. The zero-order valence-corrected chi connectivity index (χ0v) is 14.8. The van der Waals surface area contributed by atoms with Crippen LogP contribution in [-0.2, 0) is 0 Å². The Balaban J connectivity index is 1.79. The minimum Gasteiger partial charge on any atom is -0.466 e. The van der Waals surface area contributed by atoms with Crippen LogP contribution >= 0.6 is 0 Å².